The second-order valence-electron chi connectivity index (χ2n) is 3.83. The number of rotatable bonds is 3. The normalized spacial score (nSPS) is 24.0. The summed E-state index contributed by atoms with van der Waals surface area (Å²) in [5.74, 6) is 0. The van der Waals surface area contributed by atoms with Crippen LogP contribution in [0.15, 0.2) is 12.5 Å². The summed E-state index contributed by atoms with van der Waals surface area (Å²) < 4.78 is 12.9. The van der Waals surface area contributed by atoms with Crippen LogP contribution in [0, 0.1) is 0 Å². The molecule has 0 aliphatic carbocycles. The molecular weight excluding hydrogens is 194 g/mol. The van der Waals surface area contributed by atoms with Gasteiger partial charge >= 0.3 is 0 Å². The molecule has 1 saturated heterocycles. The molecule has 1 aliphatic heterocycles. The van der Waals surface area contributed by atoms with Gasteiger partial charge in [-0.3, -0.25) is 0 Å². The van der Waals surface area contributed by atoms with Gasteiger partial charge in [-0.25, -0.2) is 4.98 Å². The quantitative estimate of drug-likeness (QED) is 0.782. The molecule has 1 fully saturated rings. The molecule has 5 heteroatoms. The third-order valence-electron chi connectivity index (χ3n) is 2.50. The second kappa shape index (κ2) is 4.74. The summed E-state index contributed by atoms with van der Waals surface area (Å²) >= 11 is 0. The lowest BCUT2D eigenvalue weighted by Gasteiger charge is -2.24. The van der Waals surface area contributed by atoms with E-state index in [0.29, 0.717) is 19.8 Å². The monoisotopic (exact) mass is 211 g/mol. The molecule has 2 N–H and O–H groups in total. The van der Waals surface area contributed by atoms with Gasteiger partial charge in [-0.15, -0.1) is 0 Å². The zero-order valence-corrected chi connectivity index (χ0v) is 8.93. The molecule has 0 aromatic carbocycles. The Kier molecular flexibility index (Phi) is 3.35. The smallest absolute Gasteiger partial charge is 0.0988 e. The second-order valence-corrected chi connectivity index (χ2v) is 3.83. The van der Waals surface area contributed by atoms with E-state index >= 15 is 0 Å². The first-order valence-electron chi connectivity index (χ1n) is 5.22. The van der Waals surface area contributed by atoms with Crippen molar-refractivity contribution < 1.29 is 9.47 Å². The zero-order chi connectivity index (χ0) is 10.7. The first-order valence-corrected chi connectivity index (χ1v) is 5.22. The molecular formula is C10H17N3O2. The molecule has 5 nitrogen and oxygen atoms in total. The Morgan fingerprint density at radius 2 is 2.53 bits per heavy atom. The summed E-state index contributed by atoms with van der Waals surface area (Å²) in [4.78, 5) is 4.10. The molecule has 1 unspecified atom stereocenters. The first-order chi connectivity index (χ1) is 7.27. The van der Waals surface area contributed by atoms with Gasteiger partial charge in [-0.2, -0.15) is 0 Å². The van der Waals surface area contributed by atoms with Gasteiger partial charge in [-0.1, -0.05) is 0 Å². The van der Waals surface area contributed by atoms with Gasteiger partial charge in [0, 0.05) is 12.2 Å². The number of nitrogens with zero attached hydrogens (tertiary/aromatic N) is 2. The summed E-state index contributed by atoms with van der Waals surface area (Å²) in [5, 5.41) is 0. The third-order valence-corrected chi connectivity index (χ3v) is 2.50. The van der Waals surface area contributed by atoms with Gasteiger partial charge in [0.25, 0.3) is 0 Å². The Morgan fingerprint density at radius 1 is 1.67 bits per heavy atom. The summed E-state index contributed by atoms with van der Waals surface area (Å²) in [6.07, 6.45) is 3.70. The zero-order valence-electron chi connectivity index (χ0n) is 8.93. The van der Waals surface area contributed by atoms with E-state index in [2.05, 4.69) is 4.98 Å². The minimum absolute atomic E-state index is 0.00277. The van der Waals surface area contributed by atoms with Crippen LogP contribution in [-0.4, -0.2) is 35.5 Å². The number of hydrogen-bond donors (Lipinski definition) is 1. The molecule has 0 amide bonds. The lowest BCUT2D eigenvalue weighted by Crippen LogP contribution is -2.32. The number of aromatic nitrogens is 2. The van der Waals surface area contributed by atoms with E-state index < -0.39 is 0 Å². The van der Waals surface area contributed by atoms with Crippen molar-refractivity contribution in [1.29, 1.82) is 0 Å². The van der Waals surface area contributed by atoms with E-state index in [1.165, 1.54) is 0 Å². The van der Waals surface area contributed by atoms with Crippen LogP contribution in [0.3, 0.4) is 0 Å². The van der Waals surface area contributed by atoms with Crippen molar-refractivity contribution in [3.63, 3.8) is 0 Å². The summed E-state index contributed by atoms with van der Waals surface area (Å²) in [7, 11) is 0. The van der Waals surface area contributed by atoms with E-state index in [-0.39, 0.29) is 12.1 Å². The van der Waals surface area contributed by atoms with Gasteiger partial charge < -0.3 is 19.8 Å². The third kappa shape index (κ3) is 2.56. The van der Waals surface area contributed by atoms with Crippen molar-refractivity contribution in [2.45, 2.75) is 25.6 Å². The van der Waals surface area contributed by atoms with Crippen LogP contribution < -0.4 is 5.73 Å². The SMILES string of the molecule is C[C@H](N)c1cncn1CC1COCCO1. The maximum Gasteiger partial charge on any atom is 0.0988 e. The van der Waals surface area contributed by atoms with Crippen molar-refractivity contribution in [2.24, 2.45) is 5.73 Å². The fourth-order valence-corrected chi connectivity index (χ4v) is 1.72. The maximum absolute atomic E-state index is 5.83. The number of nitrogens with two attached hydrogens (primary N) is 1. The molecule has 1 aliphatic rings. The van der Waals surface area contributed by atoms with Crippen molar-refractivity contribution in [3.05, 3.63) is 18.2 Å². The highest BCUT2D eigenvalue weighted by Crippen LogP contribution is 2.11. The maximum atomic E-state index is 5.83. The van der Waals surface area contributed by atoms with Crippen LogP contribution in [0.25, 0.3) is 0 Å². The molecule has 0 radical (unpaired) electrons. The first kappa shape index (κ1) is 10.6. The predicted octanol–water partition coefficient (Wildman–Crippen LogP) is 0.318. The Morgan fingerprint density at radius 3 is 3.20 bits per heavy atom. The van der Waals surface area contributed by atoms with E-state index in [9.17, 15) is 0 Å². The van der Waals surface area contributed by atoms with Gasteiger partial charge in [-0.05, 0) is 6.92 Å². The molecule has 0 saturated carbocycles. The average molecular weight is 211 g/mol. The Labute approximate surface area is 89.2 Å². The molecule has 2 rings (SSSR count). The molecule has 2 heterocycles. The van der Waals surface area contributed by atoms with Crippen molar-refractivity contribution in [1.82, 2.24) is 9.55 Å². The molecule has 2 atom stereocenters. The predicted molar refractivity (Wildman–Crippen MR) is 55.4 cm³/mol. The average Bonchev–Trinajstić information content (AvgIpc) is 2.67. The fraction of sp³-hybridized carbons (Fsp3) is 0.700. The summed E-state index contributed by atoms with van der Waals surface area (Å²) in [5.41, 5.74) is 6.86. The number of imidazole rings is 1. The van der Waals surface area contributed by atoms with Gasteiger partial charge in [0.05, 0.1) is 44.5 Å². The van der Waals surface area contributed by atoms with Crippen LogP contribution in [-0.2, 0) is 16.0 Å². The lowest BCUT2D eigenvalue weighted by atomic mass is 10.2. The van der Waals surface area contributed by atoms with Gasteiger partial charge in [0.15, 0.2) is 0 Å². The number of hydrogen-bond acceptors (Lipinski definition) is 4. The van der Waals surface area contributed by atoms with Crippen LogP contribution in [0.4, 0.5) is 0 Å². The molecule has 0 bridgehead atoms. The fourth-order valence-electron chi connectivity index (χ4n) is 1.72. The molecule has 84 valence electrons. The molecule has 0 spiro atoms. The number of ether oxygens (including phenoxy) is 2. The largest absolute Gasteiger partial charge is 0.376 e. The van der Waals surface area contributed by atoms with Crippen LogP contribution in [0.2, 0.25) is 0 Å². The van der Waals surface area contributed by atoms with Crippen molar-refractivity contribution >= 4 is 0 Å². The van der Waals surface area contributed by atoms with Crippen molar-refractivity contribution in [2.75, 3.05) is 19.8 Å². The topological polar surface area (TPSA) is 62.3 Å². The van der Waals surface area contributed by atoms with Crippen LogP contribution in [0.5, 0.6) is 0 Å². The standard InChI is InChI=1S/C10H17N3O2/c1-8(11)10-4-12-7-13(10)5-9-6-14-2-3-15-9/h4,7-9H,2-3,5-6,11H2,1H3/t8-,9?/m0/s1. The minimum atomic E-state index is -0.00277. The van der Waals surface area contributed by atoms with Crippen molar-refractivity contribution in [3.8, 4) is 0 Å². The van der Waals surface area contributed by atoms with E-state index in [0.717, 1.165) is 12.2 Å². The minimum Gasteiger partial charge on any atom is -0.376 e. The van der Waals surface area contributed by atoms with Crippen LogP contribution in [0.1, 0.15) is 18.7 Å². The summed E-state index contributed by atoms with van der Waals surface area (Å²) in [6.45, 7) is 4.73. The summed E-state index contributed by atoms with van der Waals surface area (Å²) in [6, 6.07) is -0.00277. The van der Waals surface area contributed by atoms with E-state index in [4.69, 9.17) is 15.2 Å². The van der Waals surface area contributed by atoms with E-state index in [1.807, 2.05) is 11.5 Å². The Bertz CT molecular complexity index is 305. The van der Waals surface area contributed by atoms with E-state index in [1.54, 1.807) is 12.5 Å². The Balaban J connectivity index is 1.99. The Hall–Kier alpha value is -0.910. The highest BCUT2D eigenvalue weighted by Gasteiger charge is 2.16. The van der Waals surface area contributed by atoms with Gasteiger partial charge in [0.2, 0.25) is 0 Å². The molecule has 1 aromatic rings. The lowest BCUT2D eigenvalue weighted by molar-refractivity contribution is -0.0938. The van der Waals surface area contributed by atoms with Gasteiger partial charge in [0.1, 0.15) is 0 Å². The molecule has 15 heavy (non-hydrogen) atoms. The van der Waals surface area contributed by atoms with Crippen LogP contribution >= 0.6 is 0 Å². The highest BCUT2D eigenvalue weighted by atomic mass is 16.6. The molecule has 1 aromatic heterocycles. The highest BCUT2D eigenvalue weighted by molar-refractivity contribution is 5.03.